The van der Waals surface area contributed by atoms with Gasteiger partial charge in [-0.05, 0) is 51.1 Å². The monoisotopic (exact) mass is 256 g/mol. The van der Waals surface area contributed by atoms with Gasteiger partial charge in [-0.25, -0.2) is 0 Å². The average molecular weight is 256 g/mol. The Balaban J connectivity index is 1.94. The number of hydrogen-bond donors (Lipinski definition) is 3. The van der Waals surface area contributed by atoms with Crippen LogP contribution in [0.4, 0.5) is 0 Å². The third kappa shape index (κ3) is 7.27. The molecule has 1 saturated heterocycles. The van der Waals surface area contributed by atoms with Crippen molar-refractivity contribution in [2.75, 3.05) is 19.6 Å². The molecule has 5 nitrogen and oxygen atoms in total. The summed E-state index contributed by atoms with van der Waals surface area (Å²) in [5, 5.41) is 14.6. The first-order chi connectivity index (χ1) is 8.68. The molecule has 1 fully saturated rings. The van der Waals surface area contributed by atoms with Crippen LogP contribution in [0.2, 0.25) is 0 Å². The van der Waals surface area contributed by atoms with E-state index in [0.717, 1.165) is 25.9 Å². The largest absolute Gasteiger partial charge is 0.481 e. The van der Waals surface area contributed by atoms with Gasteiger partial charge in [0.15, 0.2) is 0 Å². The van der Waals surface area contributed by atoms with Crippen LogP contribution in [0.25, 0.3) is 0 Å². The van der Waals surface area contributed by atoms with Gasteiger partial charge in [-0.3, -0.25) is 9.59 Å². The highest BCUT2D eigenvalue weighted by atomic mass is 16.4. The number of aliphatic carboxylic acids is 1. The molecule has 0 aromatic heterocycles. The highest BCUT2D eigenvalue weighted by molar-refractivity contribution is 5.75. The van der Waals surface area contributed by atoms with Crippen molar-refractivity contribution in [1.29, 1.82) is 0 Å². The van der Waals surface area contributed by atoms with Crippen LogP contribution in [-0.4, -0.2) is 36.6 Å². The van der Waals surface area contributed by atoms with E-state index >= 15 is 0 Å². The number of nitrogens with one attached hydrogen (secondary N) is 2. The van der Waals surface area contributed by atoms with Gasteiger partial charge in [-0.1, -0.05) is 0 Å². The first kappa shape index (κ1) is 15.0. The predicted molar refractivity (Wildman–Crippen MR) is 69.3 cm³/mol. The third-order valence-electron chi connectivity index (χ3n) is 3.38. The quantitative estimate of drug-likeness (QED) is 0.569. The lowest BCUT2D eigenvalue weighted by molar-refractivity contribution is -0.137. The SMILES string of the molecule is O=C(O)CCCCNC(=O)CCC1CCNCC1. The van der Waals surface area contributed by atoms with Gasteiger partial charge in [0.25, 0.3) is 0 Å². The summed E-state index contributed by atoms with van der Waals surface area (Å²) in [7, 11) is 0. The Hall–Kier alpha value is -1.10. The van der Waals surface area contributed by atoms with Gasteiger partial charge < -0.3 is 15.7 Å². The molecule has 0 aromatic rings. The molecule has 0 bridgehead atoms. The first-order valence-electron chi connectivity index (χ1n) is 6.87. The van der Waals surface area contributed by atoms with E-state index in [9.17, 15) is 9.59 Å². The maximum Gasteiger partial charge on any atom is 0.303 e. The third-order valence-corrected chi connectivity index (χ3v) is 3.38. The second kappa shape index (κ2) is 8.91. The Morgan fingerprint density at radius 2 is 1.89 bits per heavy atom. The summed E-state index contributed by atoms with van der Waals surface area (Å²) in [6, 6.07) is 0. The number of unbranched alkanes of at least 4 members (excludes halogenated alkanes) is 1. The van der Waals surface area contributed by atoms with Crippen molar-refractivity contribution in [2.45, 2.75) is 44.9 Å². The molecule has 5 heteroatoms. The van der Waals surface area contributed by atoms with Crippen molar-refractivity contribution in [2.24, 2.45) is 5.92 Å². The van der Waals surface area contributed by atoms with Crippen LogP contribution in [0.3, 0.4) is 0 Å². The molecule has 0 aromatic carbocycles. The average Bonchev–Trinajstić information content (AvgIpc) is 2.37. The number of carbonyl (C=O) groups excluding carboxylic acids is 1. The number of piperidine rings is 1. The number of amides is 1. The lowest BCUT2D eigenvalue weighted by Crippen LogP contribution is -2.29. The van der Waals surface area contributed by atoms with E-state index in [4.69, 9.17) is 5.11 Å². The van der Waals surface area contributed by atoms with E-state index in [0.29, 0.717) is 25.3 Å². The first-order valence-corrected chi connectivity index (χ1v) is 6.87. The zero-order valence-electron chi connectivity index (χ0n) is 10.9. The van der Waals surface area contributed by atoms with Crippen molar-refractivity contribution in [1.82, 2.24) is 10.6 Å². The summed E-state index contributed by atoms with van der Waals surface area (Å²) in [5.74, 6) is 0.0140. The van der Waals surface area contributed by atoms with Crippen LogP contribution in [0.5, 0.6) is 0 Å². The van der Waals surface area contributed by atoms with E-state index in [1.807, 2.05) is 0 Å². The van der Waals surface area contributed by atoms with Gasteiger partial charge in [0.1, 0.15) is 0 Å². The van der Waals surface area contributed by atoms with Crippen LogP contribution in [0.1, 0.15) is 44.9 Å². The zero-order chi connectivity index (χ0) is 13.2. The van der Waals surface area contributed by atoms with Crippen molar-refractivity contribution in [3.05, 3.63) is 0 Å². The number of carboxylic acids is 1. The van der Waals surface area contributed by atoms with Gasteiger partial charge in [0.05, 0.1) is 0 Å². The molecule has 0 saturated carbocycles. The number of carbonyl (C=O) groups is 2. The fourth-order valence-electron chi connectivity index (χ4n) is 2.22. The highest BCUT2D eigenvalue weighted by Gasteiger charge is 2.14. The van der Waals surface area contributed by atoms with Crippen LogP contribution < -0.4 is 10.6 Å². The highest BCUT2D eigenvalue weighted by Crippen LogP contribution is 2.17. The van der Waals surface area contributed by atoms with Gasteiger partial charge in [-0.15, -0.1) is 0 Å². The Labute approximate surface area is 108 Å². The molecule has 18 heavy (non-hydrogen) atoms. The van der Waals surface area contributed by atoms with Crippen LogP contribution in [0, 0.1) is 5.92 Å². The van der Waals surface area contributed by atoms with Crippen LogP contribution in [0.15, 0.2) is 0 Å². The summed E-state index contributed by atoms with van der Waals surface area (Å²) in [5.41, 5.74) is 0. The standard InChI is InChI=1S/C13H24N2O3/c16-12(15-8-2-1-3-13(17)18)5-4-11-6-9-14-10-7-11/h11,14H,1-10H2,(H,15,16)(H,17,18). The fraction of sp³-hybridized carbons (Fsp3) is 0.846. The molecule has 104 valence electrons. The summed E-state index contributed by atoms with van der Waals surface area (Å²) in [4.78, 5) is 21.8. The van der Waals surface area contributed by atoms with Gasteiger partial charge >= 0.3 is 5.97 Å². The summed E-state index contributed by atoms with van der Waals surface area (Å²) >= 11 is 0. The van der Waals surface area contributed by atoms with E-state index in [2.05, 4.69) is 10.6 Å². The summed E-state index contributed by atoms with van der Waals surface area (Å²) in [6.07, 6.45) is 5.48. The number of rotatable bonds is 8. The van der Waals surface area contributed by atoms with Crippen LogP contribution >= 0.6 is 0 Å². The van der Waals surface area contributed by atoms with Crippen molar-refractivity contribution >= 4 is 11.9 Å². The van der Waals surface area contributed by atoms with Crippen molar-refractivity contribution in [3.63, 3.8) is 0 Å². The molecular weight excluding hydrogens is 232 g/mol. The molecule has 1 rings (SSSR count). The normalized spacial score (nSPS) is 16.4. The predicted octanol–water partition coefficient (Wildman–Crippen LogP) is 1.14. The topological polar surface area (TPSA) is 78.4 Å². The van der Waals surface area contributed by atoms with Crippen molar-refractivity contribution in [3.8, 4) is 0 Å². The minimum absolute atomic E-state index is 0.101. The van der Waals surface area contributed by atoms with E-state index < -0.39 is 5.97 Å². The number of carboxylic acid groups (broad SMARTS) is 1. The second-order valence-electron chi connectivity index (χ2n) is 4.93. The maximum absolute atomic E-state index is 11.5. The minimum Gasteiger partial charge on any atom is -0.481 e. The van der Waals surface area contributed by atoms with E-state index in [1.165, 1.54) is 12.8 Å². The molecular formula is C13H24N2O3. The van der Waals surface area contributed by atoms with Gasteiger partial charge in [0.2, 0.25) is 5.91 Å². The molecule has 1 heterocycles. The van der Waals surface area contributed by atoms with E-state index in [1.54, 1.807) is 0 Å². The summed E-state index contributed by atoms with van der Waals surface area (Å²) < 4.78 is 0. The molecule has 3 N–H and O–H groups in total. The van der Waals surface area contributed by atoms with Gasteiger partial charge in [0, 0.05) is 19.4 Å². The Bertz CT molecular complexity index is 263. The molecule has 0 atom stereocenters. The Morgan fingerprint density at radius 3 is 2.56 bits per heavy atom. The molecule has 1 aliphatic heterocycles. The molecule has 0 spiro atoms. The fourth-order valence-corrected chi connectivity index (χ4v) is 2.22. The smallest absolute Gasteiger partial charge is 0.303 e. The lowest BCUT2D eigenvalue weighted by Gasteiger charge is -2.22. The molecule has 1 amide bonds. The molecule has 1 aliphatic rings. The van der Waals surface area contributed by atoms with Gasteiger partial charge in [-0.2, -0.15) is 0 Å². The molecule has 0 radical (unpaired) electrons. The van der Waals surface area contributed by atoms with E-state index in [-0.39, 0.29) is 12.3 Å². The van der Waals surface area contributed by atoms with Crippen molar-refractivity contribution < 1.29 is 14.7 Å². The summed E-state index contributed by atoms with van der Waals surface area (Å²) in [6.45, 7) is 2.74. The number of hydrogen-bond acceptors (Lipinski definition) is 3. The molecule has 0 unspecified atom stereocenters. The Morgan fingerprint density at radius 1 is 1.17 bits per heavy atom. The maximum atomic E-state index is 11.5. The second-order valence-corrected chi connectivity index (χ2v) is 4.93. The lowest BCUT2D eigenvalue weighted by atomic mass is 9.93. The van der Waals surface area contributed by atoms with Crippen LogP contribution in [-0.2, 0) is 9.59 Å². The zero-order valence-corrected chi connectivity index (χ0v) is 10.9. The minimum atomic E-state index is -0.771. The Kier molecular flexibility index (Phi) is 7.41. The molecule has 0 aliphatic carbocycles.